The summed E-state index contributed by atoms with van der Waals surface area (Å²) >= 11 is 0. The molecule has 10 heteroatoms. The summed E-state index contributed by atoms with van der Waals surface area (Å²) in [4.78, 5) is 37.1. The van der Waals surface area contributed by atoms with Crippen LogP contribution in [0.25, 0.3) is 0 Å². The third-order valence-corrected chi connectivity index (χ3v) is 7.17. The number of likely N-dealkylation sites (tertiary alicyclic amines) is 2. The van der Waals surface area contributed by atoms with E-state index in [1.807, 2.05) is 18.2 Å². The number of benzene rings is 1. The highest BCUT2D eigenvalue weighted by atomic mass is 32.2. The lowest BCUT2D eigenvalue weighted by atomic mass is 10.0. The molecular formula is C23H28N5O4S. The Morgan fingerprint density at radius 1 is 1.09 bits per heavy atom. The number of aromatic nitrogens is 2. The van der Waals surface area contributed by atoms with Crippen LogP contribution in [0.4, 0.5) is 0 Å². The number of carbonyl (C=O) groups excluding carboxylic acids is 2. The number of rotatable bonds is 7. The fourth-order valence-corrected chi connectivity index (χ4v) is 5.31. The smallest absolute Gasteiger partial charge is 0.268 e. The molecule has 0 saturated carbocycles. The highest BCUT2D eigenvalue weighted by molar-refractivity contribution is 7.90. The Kier molecular flexibility index (Phi) is 6.49. The Labute approximate surface area is 193 Å². The molecule has 0 bridgehead atoms. The first-order valence-corrected chi connectivity index (χ1v) is 12.8. The van der Waals surface area contributed by atoms with Crippen LogP contribution >= 0.6 is 0 Å². The zero-order valence-electron chi connectivity index (χ0n) is 18.8. The van der Waals surface area contributed by atoms with Gasteiger partial charge in [-0.2, -0.15) is 0 Å². The summed E-state index contributed by atoms with van der Waals surface area (Å²) in [5.74, 6) is -0.605. The van der Waals surface area contributed by atoms with Crippen LogP contribution in [0.1, 0.15) is 38.5 Å². The van der Waals surface area contributed by atoms with Gasteiger partial charge < -0.3 is 15.5 Å². The first-order valence-electron chi connectivity index (χ1n) is 10.9. The molecule has 1 radical (unpaired) electrons. The lowest BCUT2D eigenvalue weighted by Crippen LogP contribution is -2.36. The van der Waals surface area contributed by atoms with E-state index in [0.717, 1.165) is 32.3 Å². The normalized spacial score (nSPS) is 20.7. The lowest BCUT2D eigenvalue weighted by molar-refractivity contribution is 0.0766. The summed E-state index contributed by atoms with van der Waals surface area (Å²) in [6.07, 6.45) is 4.15. The summed E-state index contributed by atoms with van der Waals surface area (Å²) < 4.78 is 23.7. The zero-order chi connectivity index (χ0) is 23.8. The summed E-state index contributed by atoms with van der Waals surface area (Å²) in [5.41, 5.74) is 6.43. The van der Waals surface area contributed by atoms with Gasteiger partial charge in [0.25, 0.3) is 11.8 Å². The number of hydrogen-bond acceptors (Lipinski definition) is 7. The van der Waals surface area contributed by atoms with E-state index >= 15 is 0 Å². The van der Waals surface area contributed by atoms with Gasteiger partial charge in [0.05, 0.1) is 11.3 Å². The van der Waals surface area contributed by atoms with Crippen molar-refractivity contribution in [3.63, 3.8) is 0 Å². The molecule has 175 valence electrons. The maximum Gasteiger partial charge on any atom is 0.268 e. The van der Waals surface area contributed by atoms with Gasteiger partial charge in [0.2, 0.25) is 15.0 Å². The fourth-order valence-electron chi connectivity index (χ4n) is 4.75. The van der Waals surface area contributed by atoms with Crippen LogP contribution in [0.2, 0.25) is 0 Å². The second-order valence-electron chi connectivity index (χ2n) is 8.84. The van der Waals surface area contributed by atoms with Gasteiger partial charge in [-0.05, 0) is 43.7 Å². The van der Waals surface area contributed by atoms with Gasteiger partial charge in [-0.15, -0.1) is 0 Å². The molecule has 2 saturated heterocycles. The molecule has 4 rings (SSSR count). The van der Waals surface area contributed by atoms with E-state index in [-0.39, 0.29) is 22.9 Å². The molecule has 0 spiro atoms. The summed E-state index contributed by atoms with van der Waals surface area (Å²) in [6, 6.07) is 10.3. The average Bonchev–Trinajstić information content (AvgIpc) is 3.31. The Bertz CT molecular complexity index is 1150. The van der Waals surface area contributed by atoms with Crippen LogP contribution in [-0.2, 0) is 9.84 Å². The molecule has 33 heavy (non-hydrogen) atoms. The van der Waals surface area contributed by atoms with Gasteiger partial charge in [0.15, 0.2) is 0 Å². The van der Waals surface area contributed by atoms with Crippen LogP contribution in [0, 0.1) is 25.2 Å². The van der Waals surface area contributed by atoms with Crippen molar-refractivity contribution in [3.8, 4) is 0 Å². The van der Waals surface area contributed by atoms with E-state index in [4.69, 9.17) is 5.73 Å². The number of aryl methyl sites for hydroxylation is 1. The third-order valence-electron chi connectivity index (χ3n) is 6.32. The molecule has 2 fully saturated rings. The van der Waals surface area contributed by atoms with Gasteiger partial charge in [-0.3, -0.25) is 9.59 Å². The molecule has 1 aromatic heterocycles. The first kappa shape index (κ1) is 23.3. The number of carbonyl (C=O) groups is 2. The molecule has 2 aliphatic heterocycles. The number of sulfone groups is 1. The van der Waals surface area contributed by atoms with E-state index < -0.39 is 20.9 Å². The number of primary amides is 1. The van der Waals surface area contributed by atoms with E-state index in [1.54, 1.807) is 4.90 Å². The van der Waals surface area contributed by atoms with Crippen molar-refractivity contribution in [1.29, 1.82) is 0 Å². The van der Waals surface area contributed by atoms with E-state index in [9.17, 15) is 18.0 Å². The number of nitrogens with zero attached hydrogens (tertiary/aromatic N) is 4. The topological polar surface area (TPSA) is 127 Å². The van der Waals surface area contributed by atoms with Crippen molar-refractivity contribution >= 4 is 21.7 Å². The van der Waals surface area contributed by atoms with Crippen molar-refractivity contribution in [2.24, 2.45) is 17.6 Å². The van der Waals surface area contributed by atoms with Gasteiger partial charge >= 0.3 is 0 Å². The molecule has 1 aromatic carbocycles. The number of nitrogens with two attached hydrogens (primary N) is 1. The fraction of sp³-hybridized carbons (Fsp3) is 0.435. The lowest BCUT2D eigenvalue weighted by Gasteiger charge is -2.22. The molecule has 2 aromatic rings. The van der Waals surface area contributed by atoms with E-state index in [1.165, 1.54) is 12.5 Å². The maximum atomic E-state index is 13.3. The predicted octanol–water partition coefficient (Wildman–Crippen LogP) is 0.934. The third kappa shape index (κ3) is 5.06. The molecular weight excluding hydrogens is 442 g/mol. The number of fused-ring (bicyclic) bond motifs is 1. The molecule has 9 nitrogen and oxygen atoms in total. The molecule has 2 N–H and O–H groups in total. The molecule has 2 aliphatic rings. The van der Waals surface area contributed by atoms with Gasteiger partial charge in [-0.25, -0.2) is 18.4 Å². The van der Waals surface area contributed by atoms with Crippen LogP contribution in [-0.4, -0.2) is 79.0 Å². The molecule has 0 aliphatic carbocycles. The Balaban J connectivity index is 1.40. The van der Waals surface area contributed by atoms with E-state index in [0.29, 0.717) is 24.9 Å². The highest BCUT2D eigenvalue weighted by Gasteiger charge is 2.42. The average molecular weight is 471 g/mol. The Morgan fingerprint density at radius 3 is 2.30 bits per heavy atom. The van der Waals surface area contributed by atoms with E-state index in [2.05, 4.69) is 33.4 Å². The zero-order valence-corrected chi connectivity index (χ0v) is 19.6. The minimum absolute atomic E-state index is 0.0100. The van der Waals surface area contributed by atoms with Crippen LogP contribution < -0.4 is 5.73 Å². The minimum Gasteiger partial charge on any atom is -0.364 e. The summed E-state index contributed by atoms with van der Waals surface area (Å²) in [7, 11) is -3.75. The van der Waals surface area contributed by atoms with Crippen LogP contribution in [0.3, 0.4) is 0 Å². The van der Waals surface area contributed by atoms with Crippen LogP contribution in [0.15, 0.2) is 35.5 Å². The number of hydrogen-bond donors (Lipinski definition) is 1. The maximum absolute atomic E-state index is 13.3. The van der Waals surface area contributed by atoms with Crippen LogP contribution in [0.5, 0.6) is 0 Å². The van der Waals surface area contributed by atoms with Crippen molar-refractivity contribution in [2.75, 3.05) is 39.0 Å². The quantitative estimate of drug-likeness (QED) is 0.597. The molecule has 2 amide bonds. The van der Waals surface area contributed by atoms with Crippen molar-refractivity contribution in [2.45, 2.75) is 18.5 Å². The monoisotopic (exact) mass is 470 g/mol. The standard InChI is InChI=1S/C23H28N5O4S/c1-15-19(20(21(24)29)26-23(25-15)33(2,31)32)22(30)28-13-17-11-27(12-18(17)14-28)10-6-9-16-7-4-3-5-8-16/h3-5,7-9,17-18H,6,10-14H2,1-2H3,(H2,24,29)/t17-,18?/m0/s1. The summed E-state index contributed by atoms with van der Waals surface area (Å²) in [5, 5.41) is -0.508. The number of amides is 2. The van der Waals surface area contributed by atoms with Gasteiger partial charge in [0, 0.05) is 32.4 Å². The Hall–Kier alpha value is -2.85. The van der Waals surface area contributed by atoms with Gasteiger partial charge in [-0.1, -0.05) is 30.3 Å². The minimum atomic E-state index is -3.75. The SMILES string of the molecule is Cc1nc(S(C)(=O)=O)nc(C(N)=O)c1C(=O)N1CC2CN(CC[CH]c3ccccc3)C[C@H]2C1. The first-order chi connectivity index (χ1) is 15.6. The van der Waals surface area contributed by atoms with Crippen molar-refractivity contribution < 1.29 is 18.0 Å². The van der Waals surface area contributed by atoms with Gasteiger partial charge in [0.1, 0.15) is 5.69 Å². The summed E-state index contributed by atoms with van der Waals surface area (Å²) in [6.45, 7) is 5.46. The predicted molar refractivity (Wildman–Crippen MR) is 122 cm³/mol. The van der Waals surface area contributed by atoms with Crippen molar-refractivity contribution in [3.05, 3.63) is 59.3 Å². The molecule has 3 heterocycles. The second-order valence-corrected chi connectivity index (χ2v) is 10.8. The largest absolute Gasteiger partial charge is 0.364 e. The molecule has 2 atom stereocenters. The molecule has 1 unspecified atom stereocenters. The highest BCUT2D eigenvalue weighted by Crippen LogP contribution is 2.32. The van der Waals surface area contributed by atoms with Crippen molar-refractivity contribution in [1.82, 2.24) is 19.8 Å². The second kappa shape index (κ2) is 9.18. The Morgan fingerprint density at radius 2 is 1.73 bits per heavy atom.